The number of hydrogen-bond donors (Lipinski definition) is 1. The van der Waals surface area contributed by atoms with Gasteiger partial charge in [-0.2, -0.15) is 0 Å². The van der Waals surface area contributed by atoms with Gasteiger partial charge in [-0.15, -0.1) is 22.7 Å². The predicted molar refractivity (Wildman–Crippen MR) is 111 cm³/mol. The van der Waals surface area contributed by atoms with E-state index in [1.807, 2.05) is 19.1 Å². The average Bonchev–Trinajstić information content (AvgIpc) is 3.24. The van der Waals surface area contributed by atoms with Crippen molar-refractivity contribution in [2.24, 2.45) is 0 Å². The molecule has 1 N–H and O–H groups in total. The molecule has 0 spiro atoms. The lowest BCUT2D eigenvalue weighted by atomic mass is 10.1. The molecule has 0 unspecified atom stereocenters. The number of likely N-dealkylation sites (N-methyl/N-ethyl adjacent to an activating group) is 1. The quantitative estimate of drug-likeness (QED) is 0.642. The molecular weight excluding hydrogens is 442 g/mol. The number of carbonyl (C=O) groups is 1. The summed E-state index contributed by atoms with van der Waals surface area (Å²) < 4.78 is 33.4. The number of nitrogens with one attached hydrogen (secondary N) is 1. The molecule has 3 heterocycles. The molecule has 0 radical (unpaired) electrons. The normalized spacial score (nSPS) is 14.0. The van der Waals surface area contributed by atoms with Gasteiger partial charge in [0.1, 0.15) is 9.96 Å². The number of rotatable bonds is 4. The minimum atomic E-state index is -3.75. The Morgan fingerprint density at radius 2 is 2.04 bits per heavy atom. The first-order valence-corrected chi connectivity index (χ1v) is 11.5. The van der Waals surface area contributed by atoms with Crippen LogP contribution < -0.4 is 14.4 Å². The van der Waals surface area contributed by atoms with Crippen LogP contribution in [0.15, 0.2) is 34.5 Å². The van der Waals surface area contributed by atoms with Gasteiger partial charge in [-0.1, -0.05) is 11.6 Å². The van der Waals surface area contributed by atoms with Gasteiger partial charge in [-0.3, -0.25) is 9.52 Å². The number of hydrogen-bond acceptors (Lipinski definition) is 7. The number of thiazole rings is 1. The minimum absolute atomic E-state index is 0.0112. The smallest absolute Gasteiger partial charge is 0.273 e. The Balaban J connectivity index is 1.66. The lowest BCUT2D eigenvalue weighted by molar-refractivity contribution is -0.120. The summed E-state index contributed by atoms with van der Waals surface area (Å²) in [4.78, 5) is 18.7. The molecule has 2 aromatic heterocycles. The average molecular weight is 456 g/mol. The fourth-order valence-electron chi connectivity index (χ4n) is 2.73. The standard InChI is InChI=1S/C17H14ClN3O4S3/c1-9-16(10-3-4-12-11(7-10)21(2)14(22)8-25-12)19-17(26-9)20-28(23,24)15-6-5-13(18)27-15/h3-7H,8H2,1-2H3,(H,19,20). The summed E-state index contributed by atoms with van der Waals surface area (Å²) in [6, 6.07) is 8.41. The van der Waals surface area contributed by atoms with Crippen LogP contribution in [0.5, 0.6) is 5.75 Å². The number of amides is 1. The highest BCUT2D eigenvalue weighted by molar-refractivity contribution is 7.94. The molecule has 0 bridgehead atoms. The number of halogens is 1. The van der Waals surface area contributed by atoms with Gasteiger partial charge < -0.3 is 9.64 Å². The number of sulfonamides is 1. The molecule has 0 fully saturated rings. The molecule has 0 saturated carbocycles. The number of thiophene rings is 1. The van der Waals surface area contributed by atoms with Crippen molar-refractivity contribution in [1.82, 2.24) is 4.98 Å². The van der Waals surface area contributed by atoms with Crippen LogP contribution in [-0.4, -0.2) is 33.0 Å². The van der Waals surface area contributed by atoms with Gasteiger partial charge in [0.05, 0.1) is 15.7 Å². The van der Waals surface area contributed by atoms with Crippen molar-refractivity contribution >= 4 is 61.0 Å². The number of nitrogens with zero attached hydrogens (tertiary/aromatic N) is 2. The molecule has 0 aliphatic carbocycles. The van der Waals surface area contributed by atoms with Crippen LogP contribution in [0.3, 0.4) is 0 Å². The lowest BCUT2D eigenvalue weighted by Crippen LogP contribution is -2.35. The summed E-state index contributed by atoms with van der Waals surface area (Å²) in [6.45, 7) is 1.87. The highest BCUT2D eigenvalue weighted by atomic mass is 35.5. The first-order valence-electron chi connectivity index (χ1n) is 8.04. The number of fused-ring (bicyclic) bond motifs is 1. The molecule has 0 atom stereocenters. The SMILES string of the molecule is Cc1sc(NS(=O)(=O)c2ccc(Cl)s2)nc1-c1ccc2c(c1)N(C)C(=O)CO2. The van der Waals surface area contributed by atoms with Crippen molar-refractivity contribution in [3.05, 3.63) is 39.5 Å². The fraction of sp³-hybridized carbons (Fsp3) is 0.176. The van der Waals surface area contributed by atoms with E-state index < -0.39 is 10.0 Å². The number of anilines is 2. The van der Waals surface area contributed by atoms with Crippen LogP contribution >= 0.6 is 34.3 Å². The molecule has 1 aromatic carbocycles. The van der Waals surface area contributed by atoms with Gasteiger partial charge in [-0.25, -0.2) is 13.4 Å². The Morgan fingerprint density at radius 1 is 1.25 bits per heavy atom. The summed E-state index contributed by atoms with van der Waals surface area (Å²) in [5.74, 6) is 0.483. The first kappa shape index (κ1) is 19.2. The monoisotopic (exact) mass is 455 g/mol. The van der Waals surface area contributed by atoms with Gasteiger partial charge in [0.15, 0.2) is 11.7 Å². The van der Waals surface area contributed by atoms with Crippen molar-refractivity contribution < 1.29 is 17.9 Å². The van der Waals surface area contributed by atoms with Crippen LogP contribution in [0.4, 0.5) is 10.8 Å². The second-order valence-electron chi connectivity index (χ2n) is 6.01. The maximum Gasteiger partial charge on any atom is 0.273 e. The summed E-state index contributed by atoms with van der Waals surface area (Å²) >= 11 is 8.05. The van der Waals surface area contributed by atoms with Gasteiger partial charge in [0.2, 0.25) is 0 Å². The van der Waals surface area contributed by atoms with Crippen LogP contribution in [0.1, 0.15) is 4.88 Å². The Kier molecular flexibility index (Phi) is 4.82. The van der Waals surface area contributed by atoms with Crippen molar-refractivity contribution in [2.45, 2.75) is 11.1 Å². The van der Waals surface area contributed by atoms with Crippen molar-refractivity contribution in [3.8, 4) is 17.0 Å². The fourth-order valence-corrected chi connectivity index (χ4v) is 6.29. The zero-order chi connectivity index (χ0) is 20.1. The van der Waals surface area contributed by atoms with Gasteiger partial charge in [0.25, 0.3) is 15.9 Å². The molecule has 1 aliphatic rings. The van der Waals surface area contributed by atoms with E-state index >= 15 is 0 Å². The minimum Gasteiger partial charge on any atom is -0.482 e. The van der Waals surface area contributed by atoms with Crippen molar-refractivity contribution in [1.29, 1.82) is 0 Å². The van der Waals surface area contributed by atoms with Gasteiger partial charge >= 0.3 is 0 Å². The Labute approximate surface area is 174 Å². The van der Waals surface area contributed by atoms with Crippen LogP contribution in [0, 0.1) is 6.92 Å². The molecule has 4 rings (SSSR count). The van der Waals surface area contributed by atoms with E-state index in [0.717, 1.165) is 21.8 Å². The zero-order valence-corrected chi connectivity index (χ0v) is 17.9. The van der Waals surface area contributed by atoms with E-state index in [1.54, 1.807) is 13.1 Å². The van der Waals surface area contributed by atoms with Crippen molar-refractivity contribution in [2.75, 3.05) is 23.3 Å². The molecule has 28 heavy (non-hydrogen) atoms. The third kappa shape index (κ3) is 3.48. The Bertz CT molecular complexity index is 1190. The van der Waals surface area contributed by atoms with Crippen molar-refractivity contribution in [3.63, 3.8) is 0 Å². The van der Waals surface area contributed by atoms with Crippen LogP contribution in [0.2, 0.25) is 4.34 Å². The van der Waals surface area contributed by atoms with Crippen LogP contribution in [0.25, 0.3) is 11.3 Å². The zero-order valence-electron chi connectivity index (χ0n) is 14.7. The van der Waals surface area contributed by atoms with E-state index in [2.05, 4.69) is 9.71 Å². The maximum absolute atomic E-state index is 12.5. The number of aryl methyl sites for hydroxylation is 1. The summed E-state index contributed by atoms with van der Waals surface area (Å²) in [5.41, 5.74) is 2.06. The molecular formula is C17H14ClN3O4S3. The van der Waals surface area contributed by atoms with Crippen LogP contribution in [-0.2, 0) is 14.8 Å². The molecule has 0 saturated heterocycles. The topological polar surface area (TPSA) is 88.6 Å². The molecule has 11 heteroatoms. The summed E-state index contributed by atoms with van der Waals surface area (Å²) in [7, 11) is -2.06. The van der Waals surface area contributed by atoms with E-state index in [9.17, 15) is 13.2 Å². The number of aromatic nitrogens is 1. The molecule has 1 aliphatic heterocycles. The Morgan fingerprint density at radius 3 is 2.75 bits per heavy atom. The largest absolute Gasteiger partial charge is 0.482 e. The highest BCUT2D eigenvalue weighted by Gasteiger charge is 2.24. The molecule has 7 nitrogen and oxygen atoms in total. The summed E-state index contributed by atoms with van der Waals surface area (Å²) in [6.07, 6.45) is 0. The predicted octanol–water partition coefficient (Wildman–Crippen LogP) is 3.99. The van der Waals surface area contributed by atoms with E-state index in [1.165, 1.54) is 28.4 Å². The number of carbonyl (C=O) groups excluding carboxylic acids is 1. The third-order valence-electron chi connectivity index (χ3n) is 4.15. The lowest BCUT2D eigenvalue weighted by Gasteiger charge is -2.26. The van der Waals surface area contributed by atoms with Gasteiger partial charge in [0, 0.05) is 17.5 Å². The second kappa shape index (κ2) is 7.03. The maximum atomic E-state index is 12.5. The summed E-state index contributed by atoms with van der Waals surface area (Å²) in [5, 5.41) is 0.260. The molecule has 3 aromatic rings. The highest BCUT2D eigenvalue weighted by Crippen LogP contribution is 2.38. The second-order valence-corrected chi connectivity index (χ2v) is 10.8. The molecule has 146 valence electrons. The molecule has 1 amide bonds. The van der Waals surface area contributed by atoms with Gasteiger partial charge in [-0.05, 0) is 37.3 Å². The third-order valence-corrected chi connectivity index (χ3v) is 8.23. The van der Waals surface area contributed by atoms with E-state index in [-0.39, 0.29) is 21.9 Å². The van der Waals surface area contributed by atoms with E-state index in [4.69, 9.17) is 16.3 Å². The first-order chi connectivity index (χ1) is 13.2. The Hall–Kier alpha value is -2.14. The number of benzene rings is 1. The number of ether oxygens (including phenoxy) is 1. The van der Waals surface area contributed by atoms with E-state index in [0.29, 0.717) is 21.5 Å².